The molecule has 1 aromatic heterocycles. The molecule has 6 heteroatoms. The molecule has 0 fully saturated rings. The van der Waals surface area contributed by atoms with Crippen LogP contribution in [0.5, 0.6) is 0 Å². The van der Waals surface area contributed by atoms with Crippen molar-refractivity contribution in [2.75, 3.05) is 26.0 Å². The van der Waals surface area contributed by atoms with Crippen LogP contribution in [-0.2, 0) is 9.53 Å². The average Bonchev–Trinajstić information content (AvgIpc) is 2.38. The minimum atomic E-state index is -0.556. The summed E-state index contributed by atoms with van der Waals surface area (Å²) in [6, 6.07) is 3.14. The number of aromatic nitrogens is 1. The van der Waals surface area contributed by atoms with Crippen LogP contribution in [0.3, 0.4) is 0 Å². The van der Waals surface area contributed by atoms with Crippen molar-refractivity contribution in [1.29, 1.82) is 0 Å². The first-order chi connectivity index (χ1) is 8.95. The van der Waals surface area contributed by atoms with E-state index in [4.69, 9.17) is 4.74 Å². The van der Waals surface area contributed by atoms with Gasteiger partial charge in [-0.05, 0) is 26.0 Å². The molecule has 104 valence electrons. The number of hydrogen-bond acceptors (Lipinski definition) is 4. The van der Waals surface area contributed by atoms with Gasteiger partial charge in [-0.25, -0.2) is 4.98 Å². The summed E-state index contributed by atoms with van der Waals surface area (Å²) in [5.41, 5.74) is 0.472. The Morgan fingerprint density at radius 2 is 2.16 bits per heavy atom. The topological polar surface area (TPSA) is 71.5 Å². The third-order valence-corrected chi connectivity index (χ3v) is 2.45. The molecule has 1 aromatic rings. The number of hydrogen-bond donors (Lipinski definition) is 1. The van der Waals surface area contributed by atoms with E-state index in [1.54, 1.807) is 33.2 Å². The second-order valence-electron chi connectivity index (χ2n) is 4.22. The fourth-order valence-corrected chi connectivity index (χ4v) is 1.44. The van der Waals surface area contributed by atoms with Gasteiger partial charge in [0.25, 0.3) is 11.8 Å². The van der Waals surface area contributed by atoms with Gasteiger partial charge in [0, 0.05) is 32.5 Å². The molecule has 0 spiro atoms. The van der Waals surface area contributed by atoms with Crippen LogP contribution in [0.2, 0.25) is 0 Å². The van der Waals surface area contributed by atoms with Crippen molar-refractivity contribution in [2.45, 2.75) is 20.0 Å². The fraction of sp³-hybridized carbons (Fsp3) is 0.462. The van der Waals surface area contributed by atoms with E-state index in [1.807, 2.05) is 6.92 Å². The highest BCUT2D eigenvalue weighted by Gasteiger charge is 2.14. The van der Waals surface area contributed by atoms with Crippen molar-refractivity contribution in [3.8, 4) is 0 Å². The molecule has 1 heterocycles. The van der Waals surface area contributed by atoms with Crippen LogP contribution in [0.1, 0.15) is 24.2 Å². The van der Waals surface area contributed by atoms with Crippen molar-refractivity contribution in [1.82, 2.24) is 9.88 Å². The van der Waals surface area contributed by atoms with E-state index in [0.29, 0.717) is 18.0 Å². The molecule has 0 radical (unpaired) electrons. The first kappa shape index (κ1) is 15.1. The van der Waals surface area contributed by atoms with Crippen LogP contribution in [-0.4, -0.2) is 48.5 Å². The first-order valence-electron chi connectivity index (χ1n) is 6.05. The third kappa shape index (κ3) is 4.33. The molecule has 0 aliphatic rings. The number of carbonyl (C=O) groups is 2. The van der Waals surface area contributed by atoms with Gasteiger partial charge in [0.2, 0.25) is 0 Å². The van der Waals surface area contributed by atoms with Crippen LogP contribution in [0, 0.1) is 0 Å². The maximum atomic E-state index is 11.8. The first-order valence-corrected chi connectivity index (χ1v) is 6.05. The van der Waals surface area contributed by atoms with Gasteiger partial charge in [0.15, 0.2) is 0 Å². The largest absolute Gasteiger partial charge is 0.369 e. The second-order valence-corrected chi connectivity index (χ2v) is 4.22. The number of pyridine rings is 1. The van der Waals surface area contributed by atoms with Gasteiger partial charge in [-0.1, -0.05) is 0 Å². The Labute approximate surface area is 112 Å². The summed E-state index contributed by atoms with van der Waals surface area (Å²) in [6.45, 7) is 3.94. The predicted molar refractivity (Wildman–Crippen MR) is 72.0 cm³/mol. The second kappa shape index (κ2) is 6.84. The summed E-state index contributed by atoms with van der Waals surface area (Å²) in [5.74, 6) is -0.0937. The summed E-state index contributed by atoms with van der Waals surface area (Å²) in [4.78, 5) is 29.0. The van der Waals surface area contributed by atoms with Gasteiger partial charge in [0.05, 0.1) is 0 Å². The zero-order valence-electron chi connectivity index (χ0n) is 11.6. The van der Waals surface area contributed by atoms with E-state index in [2.05, 4.69) is 10.3 Å². The van der Waals surface area contributed by atoms with E-state index in [-0.39, 0.29) is 11.8 Å². The smallest absolute Gasteiger partial charge is 0.254 e. The van der Waals surface area contributed by atoms with Gasteiger partial charge < -0.3 is 15.0 Å². The number of ether oxygens (including phenoxy) is 1. The zero-order valence-corrected chi connectivity index (χ0v) is 11.6. The van der Waals surface area contributed by atoms with E-state index in [0.717, 1.165) is 0 Å². The molecule has 0 aliphatic carbocycles. The van der Waals surface area contributed by atoms with Crippen molar-refractivity contribution < 1.29 is 14.3 Å². The number of nitrogens with one attached hydrogen (secondary N) is 1. The van der Waals surface area contributed by atoms with Crippen LogP contribution in [0.4, 0.5) is 5.82 Å². The molecular formula is C13H19N3O3. The highest BCUT2D eigenvalue weighted by atomic mass is 16.5. The Morgan fingerprint density at radius 3 is 2.74 bits per heavy atom. The van der Waals surface area contributed by atoms with E-state index in [1.165, 1.54) is 11.1 Å². The summed E-state index contributed by atoms with van der Waals surface area (Å²) in [5, 5.41) is 2.61. The highest BCUT2D eigenvalue weighted by Crippen LogP contribution is 2.09. The van der Waals surface area contributed by atoms with Gasteiger partial charge >= 0.3 is 0 Å². The summed E-state index contributed by atoms with van der Waals surface area (Å²) < 4.78 is 5.18. The quantitative estimate of drug-likeness (QED) is 0.866. The summed E-state index contributed by atoms with van der Waals surface area (Å²) in [6.07, 6.45) is 0.928. The molecule has 19 heavy (non-hydrogen) atoms. The van der Waals surface area contributed by atoms with Gasteiger partial charge in [-0.2, -0.15) is 0 Å². The Morgan fingerprint density at radius 1 is 1.47 bits per heavy atom. The zero-order chi connectivity index (χ0) is 14.4. The monoisotopic (exact) mass is 265 g/mol. The van der Waals surface area contributed by atoms with Gasteiger partial charge in [0.1, 0.15) is 11.9 Å². The lowest BCUT2D eigenvalue weighted by Gasteiger charge is -2.13. The van der Waals surface area contributed by atoms with E-state index >= 15 is 0 Å². The van der Waals surface area contributed by atoms with Gasteiger partial charge in [-0.15, -0.1) is 0 Å². The molecular weight excluding hydrogens is 246 g/mol. The minimum Gasteiger partial charge on any atom is -0.369 e. The summed E-state index contributed by atoms with van der Waals surface area (Å²) in [7, 11) is 3.33. The molecule has 1 N–H and O–H groups in total. The number of anilines is 1. The standard InChI is InChI=1S/C13H19N3O3/c1-5-19-9(2)12(17)15-11-8-10(6-7-14-11)13(18)16(3)4/h6-9H,5H2,1-4H3,(H,14,15,17). The molecule has 0 saturated carbocycles. The van der Waals surface area contributed by atoms with Gasteiger partial charge in [-0.3, -0.25) is 9.59 Å². The lowest BCUT2D eigenvalue weighted by atomic mass is 10.2. The maximum absolute atomic E-state index is 11.8. The molecule has 0 aromatic carbocycles. The molecule has 6 nitrogen and oxygen atoms in total. The summed E-state index contributed by atoms with van der Waals surface area (Å²) >= 11 is 0. The van der Waals surface area contributed by atoms with Crippen molar-refractivity contribution in [3.05, 3.63) is 23.9 Å². The lowest BCUT2D eigenvalue weighted by Crippen LogP contribution is -2.28. The van der Waals surface area contributed by atoms with E-state index < -0.39 is 6.10 Å². The van der Waals surface area contributed by atoms with E-state index in [9.17, 15) is 9.59 Å². The normalized spacial score (nSPS) is 11.8. The SMILES string of the molecule is CCOC(C)C(=O)Nc1cc(C(=O)N(C)C)ccn1. The van der Waals surface area contributed by atoms with Crippen LogP contribution >= 0.6 is 0 Å². The maximum Gasteiger partial charge on any atom is 0.254 e. The van der Waals surface area contributed by atoms with Crippen LogP contribution in [0.25, 0.3) is 0 Å². The lowest BCUT2D eigenvalue weighted by molar-refractivity contribution is -0.126. The molecule has 1 unspecified atom stereocenters. The predicted octanol–water partition coefficient (Wildman–Crippen LogP) is 1.15. The molecule has 1 rings (SSSR count). The number of rotatable bonds is 5. The Kier molecular flexibility index (Phi) is 5.44. The average molecular weight is 265 g/mol. The van der Waals surface area contributed by atoms with Crippen LogP contribution < -0.4 is 5.32 Å². The Balaban J connectivity index is 2.77. The van der Waals surface area contributed by atoms with Crippen molar-refractivity contribution >= 4 is 17.6 Å². The Hall–Kier alpha value is -1.95. The molecule has 0 saturated heterocycles. The molecule has 0 aliphatic heterocycles. The number of amides is 2. The minimum absolute atomic E-state index is 0.143. The molecule has 2 amide bonds. The Bertz CT molecular complexity index is 460. The molecule has 1 atom stereocenters. The highest BCUT2D eigenvalue weighted by molar-refractivity contribution is 5.97. The molecule has 0 bridgehead atoms. The number of carbonyl (C=O) groups excluding carboxylic acids is 2. The third-order valence-electron chi connectivity index (χ3n) is 2.45. The van der Waals surface area contributed by atoms with Crippen molar-refractivity contribution in [3.63, 3.8) is 0 Å². The van der Waals surface area contributed by atoms with Crippen LogP contribution in [0.15, 0.2) is 18.3 Å². The fourth-order valence-electron chi connectivity index (χ4n) is 1.44. The number of nitrogens with zero attached hydrogens (tertiary/aromatic N) is 2. The van der Waals surface area contributed by atoms with Crippen molar-refractivity contribution in [2.24, 2.45) is 0 Å².